The van der Waals surface area contributed by atoms with Gasteiger partial charge in [0, 0.05) is 17.0 Å². The Hall–Kier alpha value is -2.41. The molecule has 0 amide bonds. The molecule has 0 saturated carbocycles. The van der Waals surface area contributed by atoms with Crippen LogP contribution in [0.1, 0.15) is 30.0 Å². The Kier molecular flexibility index (Phi) is 5.47. The molecule has 0 aliphatic carbocycles. The van der Waals surface area contributed by atoms with Crippen LogP contribution in [0.3, 0.4) is 0 Å². The third-order valence-corrected chi connectivity index (χ3v) is 3.89. The summed E-state index contributed by atoms with van der Waals surface area (Å²) in [5, 5.41) is 3.94. The fourth-order valence-electron chi connectivity index (χ4n) is 2.10. The predicted octanol–water partition coefficient (Wildman–Crippen LogP) is 4.21. The summed E-state index contributed by atoms with van der Waals surface area (Å²) in [6.45, 7) is 2.80. The molecule has 2 rings (SSSR count). The summed E-state index contributed by atoms with van der Waals surface area (Å²) in [5.74, 6) is -0.109. The molecule has 25 heavy (non-hydrogen) atoms. The van der Waals surface area contributed by atoms with Crippen molar-refractivity contribution in [2.75, 3.05) is 0 Å². The number of allylic oxidation sites excluding steroid dienone is 1. The van der Waals surface area contributed by atoms with Crippen molar-refractivity contribution in [3.05, 3.63) is 62.5 Å². The van der Waals surface area contributed by atoms with Crippen molar-refractivity contribution < 1.29 is 18.0 Å². The summed E-state index contributed by atoms with van der Waals surface area (Å²) in [6.07, 6.45) is -0.878. The molecule has 0 aliphatic heterocycles. The average Bonchev–Trinajstić information content (AvgIpc) is 2.55. The van der Waals surface area contributed by atoms with E-state index in [1.54, 1.807) is 6.92 Å². The van der Waals surface area contributed by atoms with Gasteiger partial charge in [-0.1, -0.05) is 18.5 Å². The zero-order valence-electron chi connectivity index (χ0n) is 13.4. The molecule has 0 spiro atoms. The van der Waals surface area contributed by atoms with Gasteiger partial charge in [-0.2, -0.15) is 23.0 Å². The predicted molar refractivity (Wildman–Crippen MR) is 88.9 cm³/mol. The molecule has 0 N–H and O–H groups in total. The smallest absolute Gasteiger partial charge is 0.295 e. The number of rotatable bonds is 4. The lowest BCUT2D eigenvalue weighted by Gasteiger charge is -2.12. The average molecular weight is 371 g/mol. The molecule has 0 saturated heterocycles. The molecule has 132 valence electrons. The lowest BCUT2D eigenvalue weighted by molar-refractivity contribution is -0.138. The molecule has 0 aliphatic rings. The van der Waals surface area contributed by atoms with Gasteiger partial charge in [0.2, 0.25) is 0 Å². The van der Waals surface area contributed by atoms with Crippen LogP contribution in [-0.2, 0) is 11.0 Å². The standard InChI is InChI=1S/C17H14ClF3N2O2/c1-3-13(24)6-4-11-8-12(5-7-15(11)18)23-16(25)10(2)14(9-22-23)17(19,20)21/h4-9H,3H2,1-2H3/b6-4+. The van der Waals surface area contributed by atoms with Crippen LogP contribution in [0.4, 0.5) is 13.2 Å². The fourth-order valence-corrected chi connectivity index (χ4v) is 2.28. The minimum absolute atomic E-state index is 0.109. The molecule has 1 heterocycles. The van der Waals surface area contributed by atoms with Gasteiger partial charge < -0.3 is 0 Å². The zero-order chi connectivity index (χ0) is 18.8. The first-order chi connectivity index (χ1) is 11.6. The number of hydrogen-bond donors (Lipinski definition) is 0. The Labute approximate surface area is 146 Å². The molecule has 0 bridgehead atoms. The van der Waals surface area contributed by atoms with Crippen molar-refractivity contribution in [2.24, 2.45) is 0 Å². The Morgan fingerprint density at radius 3 is 2.64 bits per heavy atom. The van der Waals surface area contributed by atoms with Gasteiger partial charge in [-0.3, -0.25) is 9.59 Å². The van der Waals surface area contributed by atoms with Crippen molar-refractivity contribution in [1.29, 1.82) is 0 Å². The van der Waals surface area contributed by atoms with Crippen LogP contribution in [0.15, 0.2) is 35.3 Å². The van der Waals surface area contributed by atoms with Crippen molar-refractivity contribution in [3.63, 3.8) is 0 Å². The molecule has 1 aromatic carbocycles. The summed E-state index contributed by atoms with van der Waals surface area (Å²) in [4.78, 5) is 23.6. The number of halogens is 4. The van der Waals surface area contributed by atoms with E-state index in [9.17, 15) is 22.8 Å². The Balaban J connectivity index is 2.53. The van der Waals surface area contributed by atoms with Crippen molar-refractivity contribution in [2.45, 2.75) is 26.4 Å². The second-order valence-electron chi connectivity index (χ2n) is 5.26. The van der Waals surface area contributed by atoms with E-state index in [0.717, 1.165) is 11.6 Å². The molecule has 0 atom stereocenters. The minimum Gasteiger partial charge on any atom is -0.295 e. The van der Waals surface area contributed by atoms with Gasteiger partial charge in [0.1, 0.15) is 0 Å². The van der Waals surface area contributed by atoms with Gasteiger partial charge in [-0.15, -0.1) is 0 Å². The van der Waals surface area contributed by atoms with E-state index in [-0.39, 0.29) is 11.5 Å². The first-order valence-corrected chi connectivity index (χ1v) is 7.70. The van der Waals surface area contributed by atoms with Crippen LogP contribution >= 0.6 is 11.6 Å². The molecular formula is C17H14ClF3N2O2. The summed E-state index contributed by atoms with van der Waals surface area (Å²) < 4.78 is 39.4. The van der Waals surface area contributed by atoms with Crippen molar-refractivity contribution in [1.82, 2.24) is 9.78 Å². The van der Waals surface area contributed by atoms with E-state index >= 15 is 0 Å². The van der Waals surface area contributed by atoms with Gasteiger partial charge in [0.15, 0.2) is 5.78 Å². The van der Waals surface area contributed by atoms with Crippen LogP contribution in [0.25, 0.3) is 11.8 Å². The van der Waals surface area contributed by atoms with Crippen molar-refractivity contribution >= 4 is 23.5 Å². The maximum atomic E-state index is 12.8. The second-order valence-corrected chi connectivity index (χ2v) is 5.66. The zero-order valence-corrected chi connectivity index (χ0v) is 14.1. The van der Waals surface area contributed by atoms with Crippen LogP contribution in [0.5, 0.6) is 0 Å². The Morgan fingerprint density at radius 2 is 2.04 bits per heavy atom. The topological polar surface area (TPSA) is 52.0 Å². The monoisotopic (exact) mass is 370 g/mol. The molecule has 0 fully saturated rings. The van der Waals surface area contributed by atoms with E-state index in [4.69, 9.17) is 11.6 Å². The molecular weight excluding hydrogens is 357 g/mol. The van der Waals surface area contributed by atoms with Crippen molar-refractivity contribution in [3.8, 4) is 5.69 Å². The Bertz CT molecular complexity index is 902. The quantitative estimate of drug-likeness (QED) is 0.758. The van der Waals surface area contributed by atoms with E-state index in [1.165, 1.54) is 30.4 Å². The summed E-state index contributed by atoms with van der Waals surface area (Å²) in [6, 6.07) is 4.42. The van der Waals surface area contributed by atoms with Gasteiger partial charge in [-0.05, 0) is 42.8 Å². The second kappa shape index (κ2) is 7.23. The normalized spacial score (nSPS) is 11.9. The number of carbonyl (C=O) groups is 1. The van der Waals surface area contributed by atoms with E-state index in [1.807, 2.05) is 0 Å². The molecule has 2 aromatic rings. The third kappa shape index (κ3) is 4.17. The lowest BCUT2D eigenvalue weighted by Crippen LogP contribution is -2.27. The Morgan fingerprint density at radius 1 is 1.36 bits per heavy atom. The minimum atomic E-state index is -4.65. The molecule has 0 radical (unpaired) electrons. The van der Waals surface area contributed by atoms with Gasteiger partial charge >= 0.3 is 6.18 Å². The summed E-state index contributed by atoms with van der Waals surface area (Å²) in [7, 11) is 0. The first-order valence-electron chi connectivity index (χ1n) is 7.32. The number of nitrogens with zero attached hydrogens (tertiary/aromatic N) is 2. The van der Waals surface area contributed by atoms with Gasteiger partial charge in [0.05, 0.1) is 17.4 Å². The summed E-state index contributed by atoms with van der Waals surface area (Å²) in [5.41, 5.74) is -1.70. The SMILES string of the molecule is CCC(=O)/C=C/c1cc(-n2ncc(C(F)(F)F)c(C)c2=O)ccc1Cl. The molecule has 0 unspecified atom stereocenters. The number of ketones is 1. The third-order valence-electron chi connectivity index (χ3n) is 3.55. The van der Waals surface area contributed by atoms with Gasteiger partial charge in [-0.25, -0.2) is 0 Å². The maximum Gasteiger partial charge on any atom is 0.418 e. The maximum absolute atomic E-state index is 12.8. The van der Waals surface area contributed by atoms with E-state index < -0.39 is 22.9 Å². The van der Waals surface area contributed by atoms with Crippen LogP contribution < -0.4 is 5.56 Å². The highest BCUT2D eigenvalue weighted by molar-refractivity contribution is 6.32. The van der Waals surface area contributed by atoms with Gasteiger partial charge in [0.25, 0.3) is 5.56 Å². The first kappa shape index (κ1) is 18.9. The fraction of sp³-hybridized carbons (Fsp3) is 0.235. The molecule has 1 aromatic heterocycles. The van der Waals surface area contributed by atoms with Crippen LogP contribution in [0, 0.1) is 6.92 Å². The number of alkyl halides is 3. The summed E-state index contributed by atoms with van der Waals surface area (Å²) >= 11 is 6.05. The lowest BCUT2D eigenvalue weighted by atomic mass is 10.1. The highest BCUT2D eigenvalue weighted by Crippen LogP contribution is 2.30. The molecule has 4 nitrogen and oxygen atoms in total. The van der Waals surface area contributed by atoms with E-state index in [2.05, 4.69) is 5.10 Å². The highest BCUT2D eigenvalue weighted by atomic mass is 35.5. The number of hydrogen-bond acceptors (Lipinski definition) is 3. The number of aromatic nitrogens is 2. The number of benzene rings is 1. The van der Waals surface area contributed by atoms with Crippen LogP contribution in [-0.4, -0.2) is 15.6 Å². The van der Waals surface area contributed by atoms with Crippen LogP contribution in [0.2, 0.25) is 5.02 Å². The van der Waals surface area contributed by atoms with E-state index in [0.29, 0.717) is 23.2 Å². The highest BCUT2D eigenvalue weighted by Gasteiger charge is 2.34. The molecule has 8 heteroatoms. The number of carbonyl (C=O) groups excluding carboxylic acids is 1. The largest absolute Gasteiger partial charge is 0.418 e.